The van der Waals surface area contributed by atoms with Crippen LogP contribution in [0.25, 0.3) is 0 Å². The van der Waals surface area contributed by atoms with Crippen molar-refractivity contribution >= 4 is 17.5 Å². The summed E-state index contributed by atoms with van der Waals surface area (Å²) in [7, 11) is 0. The smallest absolute Gasteiger partial charge is 0.220 e. The third-order valence-corrected chi connectivity index (χ3v) is 5.31. The molecular formula is C18H25ClN2O. The van der Waals surface area contributed by atoms with Gasteiger partial charge in [-0.05, 0) is 55.7 Å². The van der Waals surface area contributed by atoms with Crippen LogP contribution in [0.15, 0.2) is 24.3 Å². The lowest BCUT2D eigenvalue weighted by molar-refractivity contribution is -0.123. The first-order chi connectivity index (χ1) is 10.6. The summed E-state index contributed by atoms with van der Waals surface area (Å²) in [5.74, 6) is 0.731. The molecule has 3 unspecified atom stereocenters. The second-order valence-electron chi connectivity index (χ2n) is 6.76. The molecule has 1 aromatic carbocycles. The van der Waals surface area contributed by atoms with Gasteiger partial charge >= 0.3 is 0 Å². The molecule has 0 spiro atoms. The van der Waals surface area contributed by atoms with Gasteiger partial charge in [-0.25, -0.2) is 0 Å². The fourth-order valence-corrected chi connectivity index (χ4v) is 4.10. The van der Waals surface area contributed by atoms with Gasteiger partial charge in [-0.2, -0.15) is 0 Å². The van der Waals surface area contributed by atoms with Gasteiger partial charge in [0.1, 0.15) is 0 Å². The van der Waals surface area contributed by atoms with E-state index in [-0.39, 0.29) is 11.9 Å². The van der Waals surface area contributed by atoms with Crippen LogP contribution in [0.5, 0.6) is 0 Å². The number of hydrogen-bond donors (Lipinski definition) is 2. The van der Waals surface area contributed by atoms with Gasteiger partial charge in [0.25, 0.3) is 0 Å². The summed E-state index contributed by atoms with van der Waals surface area (Å²) in [4.78, 5) is 12.4. The van der Waals surface area contributed by atoms with Crippen molar-refractivity contribution in [3.63, 3.8) is 0 Å². The van der Waals surface area contributed by atoms with Crippen LogP contribution in [0.3, 0.4) is 0 Å². The van der Waals surface area contributed by atoms with E-state index in [0.29, 0.717) is 24.4 Å². The molecule has 2 aliphatic heterocycles. The van der Waals surface area contributed by atoms with Crippen LogP contribution in [0.1, 0.15) is 57.1 Å². The topological polar surface area (TPSA) is 41.1 Å². The van der Waals surface area contributed by atoms with Crippen molar-refractivity contribution in [1.82, 2.24) is 10.6 Å². The highest BCUT2D eigenvalue weighted by Crippen LogP contribution is 2.32. The van der Waals surface area contributed by atoms with Crippen LogP contribution in [-0.2, 0) is 4.79 Å². The Morgan fingerprint density at radius 2 is 1.91 bits per heavy atom. The van der Waals surface area contributed by atoms with Crippen molar-refractivity contribution in [2.24, 2.45) is 5.92 Å². The van der Waals surface area contributed by atoms with Gasteiger partial charge in [-0.15, -0.1) is 0 Å². The van der Waals surface area contributed by atoms with Crippen molar-refractivity contribution in [2.45, 2.75) is 63.6 Å². The number of benzene rings is 1. The molecule has 3 nitrogen and oxygen atoms in total. The highest BCUT2D eigenvalue weighted by atomic mass is 35.5. The summed E-state index contributed by atoms with van der Waals surface area (Å²) in [5, 5.41) is 7.56. The van der Waals surface area contributed by atoms with Crippen LogP contribution >= 0.6 is 11.6 Å². The molecule has 2 saturated heterocycles. The summed E-state index contributed by atoms with van der Waals surface area (Å²) in [6, 6.07) is 9.16. The number of rotatable bonds is 5. The maximum Gasteiger partial charge on any atom is 0.220 e. The molecule has 0 saturated carbocycles. The van der Waals surface area contributed by atoms with E-state index in [9.17, 15) is 4.79 Å². The van der Waals surface area contributed by atoms with Gasteiger partial charge in [0, 0.05) is 23.5 Å². The Morgan fingerprint density at radius 3 is 2.50 bits per heavy atom. The third kappa shape index (κ3) is 3.82. The minimum atomic E-state index is 0.0863. The monoisotopic (exact) mass is 320 g/mol. The summed E-state index contributed by atoms with van der Waals surface area (Å²) < 4.78 is 0. The molecule has 22 heavy (non-hydrogen) atoms. The van der Waals surface area contributed by atoms with Crippen LogP contribution in [-0.4, -0.2) is 18.0 Å². The number of halogens is 1. The first-order valence-electron chi connectivity index (χ1n) is 8.45. The molecule has 2 N–H and O–H groups in total. The predicted molar refractivity (Wildman–Crippen MR) is 89.9 cm³/mol. The summed E-state index contributed by atoms with van der Waals surface area (Å²) >= 11 is 5.93. The SMILES string of the molecule is CCC(NC(=O)CC1CC2CCC(C1)N2)c1ccc(Cl)cc1. The Kier molecular flexibility index (Phi) is 5.04. The second-order valence-corrected chi connectivity index (χ2v) is 7.20. The first-order valence-corrected chi connectivity index (χ1v) is 8.82. The number of piperidine rings is 1. The molecule has 0 aliphatic carbocycles. The van der Waals surface area contributed by atoms with E-state index in [1.165, 1.54) is 12.8 Å². The van der Waals surface area contributed by atoms with E-state index in [2.05, 4.69) is 17.6 Å². The minimum absolute atomic E-state index is 0.0863. The average Bonchev–Trinajstić information content (AvgIpc) is 2.85. The van der Waals surface area contributed by atoms with Crippen molar-refractivity contribution in [3.05, 3.63) is 34.9 Å². The zero-order valence-corrected chi connectivity index (χ0v) is 13.9. The number of nitrogens with one attached hydrogen (secondary N) is 2. The molecule has 1 amide bonds. The molecule has 4 heteroatoms. The molecular weight excluding hydrogens is 296 g/mol. The lowest BCUT2D eigenvalue weighted by atomic mass is 9.89. The van der Waals surface area contributed by atoms with Crippen molar-refractivity contribution < 1.29 is 4.79 Å². The minimum Gasteiger partial charge on any atom is -0.349 e. The van der Waals surface area contributed by atoms with E-state index >= 15 is 0 Å². The molecule has 2 heterocycles. The number of amides is 1. The normalized spacial score (nSPS) is 28.4. The Bertz CT molecular complexity index is 504. The van der Waals surface area contributed by atoms with E-state index in [0.717, 1.165) is 29.8 Å². The van der Waals surface area contributed by atoms with Gasteiger partial charge in [-0.1, -0.05) is 30.7 Å². The van der Waals surface area contributed by atoms with Crippen molar-refractivity contribution in [3.8, 4) is 0 Å². The molecule has 3 atom stereocenters. The lowest BCUT2D eigenvalue weighted by Gasteiger charge is -2.29. The molecule has 0 aromatic heterocycles. The zero-order chi connectivity index (χ0) is 15.5. The summed E-state index contributed by atoms with van der Waals surface area (Å²) in [6.07, 6.45) is 6.43. The van der Waals surface area contributed by atoms with E-state index < -0.39 is 0 Å². The van der Waals surface area contributed by atoms with Crippen molar-refractivity contribution in [1.29, 1.82) is 0 Å². The predicted octanol–water partition coefficient (Wildman–Crippen LogP) is 3.83. The molecule has 2 fully saturated rings. The molecule has 0 radical (unpaired) electrons. The van der Waals surface area contributed by atoms with Crippen LogP contribution in [0.2, 0.25) is 5.02 Å². The average molecular weight is 321 g/mol. The Balaban J connectivity index is 1.54. The van der Waals surface area contributed by atoms with Gasteiger partial charge < -0.3 is 10.6 Å². The van der Waals surface area contributed by atoms with Crippen molar-refractivity contribution in [2.75, 3.05) is 0 Å². The molecule has 3 rings (SSSR count). The fourth-order valence-electron chi connectivity index (χ4n) is 3.97. The van der Waals surface area contributed by atoms with E-state index in [1.54, 1.807) is 0 Å². The molecule has 120 valence electrons. The zero-order valence-electron chi connectivity index (χ0n) is 13.1. The molecule has 2 aliphatic rings. The maximum atomic E-state index is 12.4. The number of fused-ring (bicyclic) bond motifs is 2. The molecule has 2 bridgehead atoms. The standard InChI is InChI=1S/C18H25ClN2O/c1-2-17(13-3-5-14(19)6-4-13)21-18(22)11-12-9-15-7-8-16(10-12)20-15/h3-6,12,15-17,20H,2,7-11H2,1H3,(H,21,22). The quantitative estimate of drug-likeness (QED) is 0.865. The molecule has 1 aromatic rings. The van der Waals surface area contributed by atoms with E-state index in [1.807, 2.05) is 24.3 Å². The summed E-state index contributed by atoms with van der Waals surface area (Å²) in [5.41, 5.74) is 1.13. The third-order valence-electron chi connectivity index (χ3n) is 5.06. The van der Waals surface area contributed by atoms with E-state index in [4.69, 9.17) is 11.6 Å². The van der Waals surface area contributed by atoms with Crippen LogP contribution < -0.4 is 10.6 Å². The highest BCUT2D eigenvalue weighted by Gasteiger charge is 2.34. The lowest BCUT2D eigenvalue weighted by Crippen LogP contribution is -2.40. The maximum absolute atomic E-state index is 12.4. The second kappa shape index (κ2) is 7.01. The van der Waals surface area contributed by atoms with Crippen LogP contribution in [0, 0.1) is 5.92 Å². The Labute approximate surface area is 137 Å². The fraction of sp³-hybridized carbons (Fsp3) is 0.611. The Hall–Kier alpha value is -1.06. The number of hydrogen-bond acceptors (Lipinski definition) is 2. The summed E-state index contributed by atoms with van der Waals surface area (Å²) in [6.45, 7) is 2.10. The number of carbonyl (C=O) groups is 1. The van der Waals surface area contributed by atoms with Gasteiger partial charge in [0.15, 0.2) is 0 Å². The number of carbonyl (C=O) groups excluding carboxylic acids is 1. The van der Waals surface area contributed by atoms with Crippen LogP contribution in [0.4, 0.5) is 0 Å². The van der Waals surface area contributed by atoms with Gasteiger partial charge in [0.2, 0.25) is 5.91 Å². The largest absolute Gasteiger partial charge is 0.349 e. The first kappa shape index (κ1) is 15.8. The van der Waals surface area contributed by atoms with Gasteiger partial charge in [-0.3, -0.25) is 4.79 Å². The Morgan fingerprint density at radius 1 is 1.27 bits per heavy atom. The highest BCUT2D eigenvalue weighted by molar-refractivity contribution is 6.30. The van der Waals surface area contributed by atoms with Gasteiger partial charge in [0.05, 0.1) is 6.04 Å².